The standard InChI is InChI=1S/C30H37ClN6O2/c31-26-19-34-29(16-25(26)27-9-4-10-28(37-27)33-18-22-8-5-15-32-17-22)35-23-11-13-24(14-12-23)36-30(38)39-20-21-6-2-1-3-7-21/h1-4,6-7,9-10,16,19,22-24,32H,5,8,11-15,17-18,20H2,(H,33,37)(H,34,35)(H,36,38)/t22-,23-,24-/m1/s1. The summed E-state index contributed by atoms with van der Waals surface area (Å²) < 4.78 is 5.37. The fourth-order valence-corrected chi connectivity index (χ4v) is 5.47. The molecule has 0 bridgehead atoms. The summed E-state index contributed by atoms with van der Waals surface area (Å²) in [4.78, 5) is 21.6. The molecule has 0 radical (unpaired) electrons. The van der Waals surface area contributed by atoms with Crippen LogP contribution in [-0.2, 0) is 11.3 Å². The fraction of sp³-hybridized carbons (Fsp3) is 0.433. The Labute approximate surface area is 235 Å². The highest BCUT2D eigenvalue weighted by atomic mass is 35.5. The molecular weight excluding hydrogens is 512 g/mol. The van der Waals surface area contributed by atoms with Gasteiger partial charge in [0, 0.05) is 30.4 Å². The Morgan fingerprint density at radius 2 is 1.82 bits per heavy atom. The summed E-state index contributed by atoms with van der Waals surface area (Å²) >= 11 is 6.55. The number of pyridine rings is 2. The van der Waals surface area contributed by atoms with Gasteiger partial charge in [0.25, 0.3) is 0 Å². The summed E-state index contributed by atoms with van der Waals surface area (Å²) in [5, 5.41) is 14.1. The van der Waals surface area contributed by atoms with E-state index < -0.39 is 0 Å². The summed E-state index contributed by atoms with van der Waals surface area (Å²) in [5.74, 6) is 2.25. The molecule has 206 valence electrons. The van der Waals surface area contributed by atoms with Gasteiger partial charge in [-0.2, -0.15) is 0 Å². The van der Waals surface area contributed by atoms with E-state index in [0.717, 1.165) is 73.8 Å². The van der Waals surface area contributed by atoms with Gasteiger partial charge in [0.15, 0.2) is 0 Å². The van der Waals surface area contributed by atoms with Crippen LogP contribution in [0.15, 0.2) is 60.8 Å². The van der Waals surface area contributed by atoms with Gasteiger partial charge >= 0.3 is 6.09 Å². The van der Waals surface area contributed by atoms with Crippen molar-refractivity contribution in [1.82, 2.24) is 20.6 Å². The van der Waals surface area contributed by atoms with Crippen LogP contribution < -0.4 is 21.3 Å². The maximum absolute atomic E-state index is 12.2. The zero-order valence-corrected chi connectivity index (χ0v) is 22.9. The van der Waals surface area contributed by atoms with E-state index in [1.54, 1.807) is 6.20 Å². The van der Waals surface area contributed by atoms with Gasteiger partial charge < -0.3 is 26.0 Å². The van der Waals surface area contributed by atoms with Crippen molar-refractivity contribution in [2.75, 3.05) is 30.3 Å². The van der Waals surface area contributed by atoms with E-state index in [0.29, 0.717) is 10.9 Å². The van der Waals surface area contributed by atoms with Gasteiger partial charge in [0.2, 0.25) is 0 Å². The van der Waals surface area contributed by atoms with E-state index >= 15 is 0 Å². The van der Waals surface area contributed by atoms with Crippen LogP contribution in [0.2, 0.25) is 5.02 Å². The van der Waals surface area contributed by atoms with Crippen molar-refractivity contribution in [3.63, 3.8) is 0 Å². The maximum Gasteiger partial charge on any atom is 0.407 e. The highest BCUT2D eigenvalue weighted by Gasteiger charge is 2.23. The number of hydrogen-bond donors (Lipinski definition) is 4. The van der Waals surface area contributed by atoms with E-state index in [-0.39, 0.29) is 24.8 Å². The maximum atomic E-state index is 12.2. The third-order valence-electron chi connectivity index (χ3n) is 7.47. The summed E-state index contributed by atoms with van der Waals surface area (Å²) in [7, 11) is 0. The minimum Gasteiger partial charge on any atom is -0.445 e. The number of anilines is 2. The lowest BCUT2D eigenvalue weighted by Crippen LogP contribution is -2.40. The Morgan fingerprint density at radius 1 is 1.00 bits per heavy atom. The number of rotatable bonds is 9. The zero-order valence-electron chi connectivity index (χ0n) is 22.2. The lowest BCUT2D eigenvalue weighted by Gasteiger charge is -2.29. The van der Waals surface area contributed by atoms with Crippen molar-refractivity contribution in [2.45, 2.75) is 57.2 Å². The highest BCUT2D eigenvalue weighted by Crippen LogP contribution is 2.30. The molecule has 2 fully saturated rings. The molecule has 1 saturated heterocycles. The van der Waals surface area contributed by atoms with Gasteiger partial charge in [-0.05, 0) is 81.3 Å². The van der Waals surface area contributed by atoms with Crippen LogP contribution in [0.25, 0.3) is 11.3 Å². The van der Waals surface area contributed by atoms with Crippen molar-refractivity contribution >= 4 is 29.3 Å². The molecule has 1 aromatic carbocycles. The second-order valence-electron chi connectivity index (χ2n) is 10.4. The third-order valence-corrected chi connectivity index (χ3v) is 7.77. The SMILES string of the molecule is O=C(N[C@H]1CC[C@H](Nc2cc(-c3cccc(NC[C@@H]4CCCNC4)n3)c(Cl)cn2)CC1)OCc1ccccc1. The molecule has 9 heteroatoms. The van der Waals surface area contributed by atoms with Crippen molar-refractivity contribution in [1.29, 1.82) is 0 Å². The number of carbonyl (C=O) groups is 1. The number of alkyl carbamates (subject to hydrolysis) is 1. The second-order valence-corrected chi connectivity index (χ2v) is 10.9. The third kappa shape index (κ3) is 8.07. The molecule has 5 rings (SSSR count). The monoisotopic (exact) mass is 548 g/mol. The quantitative estimate of drug-likeness (QED) is 0.266. The first-order chi connectivity index (χ1) is 19.1. The van der Waals surface area contributed by atoms with Gasteiger partial charge in [-0.15, -0.1) is 0 Å². The average molecular weight is 549 g/mol. The van der Waals surface area contributed by atoms with Crippen molar-refractivity contribution < 1.29 is 9.53 Å². The molecule has 3 heterocycles. The molecule has 1 aliphatic carbocycles. The average Bonchev–Trinajstić information content (AvgIpc) is 2.98. The Kier molecular flexibility index (Phi) is 9.51. The smallest absolute Gasteiger partial charge is 0.407 e. The largest absolute Gasteiger partial charge is 0.445 e. The number of aromatic nitrogens is 2. The minimum absolute atomic E-state index is 0.115. The molecule has 4 N–H and O–H groups in total. The van der Waals surface area contributed by atoms with E-state index in [2.05, 4.69) is 26.3 Å². The van der Waals surface area contributed by atoms with E-state index in [1.165, 1.54) is 12.8 Å². The number of halogens is 1. The van der Waals surface area contributed by atoms with Gasteiger partial charge in [-0.25, -0.2) is 14.8 Å². The minimum atomic E-state index is -0.362. The van der Waals surface area contributed by atoms with Crippen LogP contribution in [0.4, 0.5) is 16.4 Å². The highest BCUT2D eigenvalue weighted by molar-refractivity contribution is 6.33. The van der Waals surface area contributed by atoms with E-state index in [1.807, 2.05) is 54.6 Å². The molecular formula is C30H37ClN6O2. The van der Waals surface area contributed by atoms with Crippen LogP contribution in [0, 0.1) is 5.92 Å². The van der Waals surface area contributed by atoms with Gasteiger partial charge in [0.1, 0.15) is 18.2 Å². The van der Waals surface area contributed by atoms with Crippen LogP contribution >= 0.6 is 11.6 Å². The molecule has 1 aliphatic heterocycles. The lowest BCUT2D eigenvalue weighted by atomic mass is 9.91. The Balaban J connectivity index is 1.11. The fourth-order valence-electron chi connectivity index (χ4n) is 5.27. The molecule has 0 unspecified atom stereocenters. The summed E-state index contributed by atoms with van der Waals surface area (Å²) in [5.41, 5.74) is 2.65. The molecule has 39 heavy (non-hydrogen) atoms. The predicted octanol–water partition coefficient (Wildman–Crippen LogP) is 5.86. The van der Waals surface area contributed by atoms with Crippen LogP contribution in [0.1, 0.15) is 44.1 Å². The second kappa shape index (κ2) is 13.6. The Bertz CT molecular complexity index is 1210. The molecule has 3 aromatic rings. The first-order valence-corrected chi connectivity index (χ1v) is 14.3. The normalized spacial score (nSPS) is 21.1. The first-order valence-electron chi connectivity index (χ1n) is 13.9. The molecule has 1 saturated carbocycles. The van der Waals surface area contributed by atoms with E-state index in [4.69, 9.17) is 21.3 Å². The number of benzene rings is 1. The van der Waals surface area contributed by atoms with Gasteiger partial charge in [-0.3, -0.25) is 0 Å². The van der Waals surface area contributed by atoms with Crippen LogP contribution in [0.3, 0.4) is 0 Å². The molecule has 1 amide bonds. The predicted molar refractivity (Wildman–Crippen MR) is 156 cm³/mol. The number of ether oxygens (including phenoxy) is 1. The molecule has 8 nitrogen and oxygen atoms in total. The molecule has 0 spiro atoms. The van der Waals surface area contributed by atoms with E-state index in [9.17, 15) is 4.79 Å². The number of hydrogen-bond acceptors (Lipinski definition) is 7. The van der Waals surface area contributed by atoms with Gasteiger partial charge in [0.05, 0.1) is 10.7 Å². The van der Waals surface area contributed by atoms with Crippen LogP contribution in [0.5, 0.6) is 0 Å². The number of carbonyl (C=O) groups excluding carboxylic acids is 1. The number of amides is 1. The first kappa shape index (κ1) is 27.2. The molecule has 1 atom stereocenters. The number of piperidine rings is 1. The summed E-state index contributed by atoms with van der Waals surface area (Å²) in [6, 6.07) is 18.1. The van der Waals surface area contributed by atoms with Gasteiger partial charge in [-0.1, -0.05) is 48.0 Å². The number of nitrogens with zero attached hydrogens (tertiary/aromatic N) is 2. The molecule has 2 aromatic heterocycles. The van der Waals surface area contributed by atoms with Crippen LogP contribution in [-0.4, -0.2) is 47.8 Å². The van der Waals surface area contributed by atoms with Crippen molar-refractivity contribution in [3.8, 4) is 11.3 Å². The number of nitrogens with one attached hydrogen (secondary N) is 4. The zero-order chi connectivity index (χ0) is 26.9. The summed E-state index contributed by atoms with van der Waals surface area (Å²) in [6.07, 6.45) is 7.40. The van der Waals surface area contributed by atoms with Crippen molar-refractivity contribution in [3.05, 3.63) is 71.4 Å². The topological polar surface area (TPSA) is 100 Å². The Morgan fingerprint density at radius 3 is 2.62 bits per heavy atom. The molecule has 2 aliphatic rings. The summed E-state index contributed by atoms with van der Waals surface area (Å²) in [6.45, 7) is 3.35. The van der Waals surface area contributed by atoms with Crippen molar-refractivity contribution in [2.24, 2.45) is 5.92 Å². The lowest BCUT2D eigenvalue weighted by molar-refractivity contribution is 0.132. The Hall–Kier alpha value is -3.36.